The van der Waals surface area contributed by atoms with E-state index in [1.54, 1.807) is 0 Å². The lowest BCUT2D eigenvalue weighted by Crippen LogP contribution is -2.36. The van der Waals surface area contributed by atoms with E-state index >= 15 is 0 Å². The van der Waals surface area contributed by atoms with Crippen LogP contribution in [0.15, 0.2) is 35.7 Å². The van der Waals surface area contributed by atoms with Crippen LogP contribution in [-0.2, 0) is 0 Å². The molecule has 14 heavy (non-hydrogen) atoms. The van der Waals surface area contributed by atoms with E-state index in [2.05, 4.69) is 6.58 Å². The summed E-state index contributed by atoms with van der Waals surface area (Å²) in [6.45, 7) is 3.41. The van der Waals surface area contributed by atoms with E-state index < -0.39 is 34.9 Å². The molecule has 0 saturated heterocycles. The van der Waals surface area contributed by atoms with Crippen LogP contribution in [0.2, 0.25) is 0 Å². The van der Waals surface area contributed by atoms with Crippen LogP contribution < -0.4 is 0 Å². The molecular formula is C9H7F5. The second kappa shape index (κ2) is 3.22. The molecular weight excluding hydrogens is 203 g/mol. The molecule has 1 rings (SSSR count). The molecule has 0 aliphatic heterocycles. The van der Waals surface area contributed by atoms with Crippen LogP contribution in [0, 0.1) is 0 Å². The van der Waals surface area contributed by atoms with Crippen LogP contribution in [-0.4, -0.2) is 11.8 Å². The first-order valence-corrected chi connectivity index (χ1v) is 3.75. The van der Waals surface area contributed by atoms with Gasteiger partial charge in [-0.15, -0.1) is 0 Å². The van der Waals surface area contributed by atoms with Crippen LogP contribution in [0.3, 0.4) is 0 Å². The lowest BCUT2D eigenvalue weighted by atomic mass is 9.90. The van der Waals surface area contributed by atoms with Gasteiger partial charge in [-0.1, -0.05) is 12.7 Å². The van der Waals surface area contributed by atoms with E-state index in [0.717, 1.165) is 0 Å². The first-order valence-electron chi connectivity index (χ1n) is 3.75. The van der Waals surface area contributed by atoms with Gasteiger partial charge < -0.3 is 0 Å². The van der Waals surface area contributed by atoms with E-state index in [0.29, 0.717) is 13.0 Å². The Labute approximate surface area is 77.4 Å². The molecule has 0 nitrogen and oxygen atoms in total. The Morgan fingerprint density at radius 3 is 2.29 bits per heavy atom. The fourth-order valence-corrected chi connectivity index (χ4v) is 1.11. The monoisotopic (exact) mass is 210 g/mol. The number of hydrogen-bond donors (Lipinski definition) is 0. The maximum Gasteiger partial charge on any atom is 0.199 e. The van der Waals surface area contributed by atoms with Crippen molar-refractivity contribution in [2.75, 3.05) is 0 Å². The summed E-state index contributed by atoms with van der Waals surface area (Å²) in [4.78, 5) is 0. The zero-order valence-corrected chi connectivity index (χ0v) is 7.25. The van der Waals surface area contributed by atoms with Crippen LogP contribution in [0.25, 0.3) is 0 Å². The van der Waals surface area contributed by atoms with Crippen molar-refractivity contribution in [1.29, 1.82) is 0 Å². The molecule has 0 amide bonds. The van der Waals surface area contributed by atoms with E-state index in [4.69, 9.17) is 0 Å². The number of hydrogen-bond acceptors (Lipinski definition) is 0. The zero-order chi connectivity index (χ0) is 11.1. The minimum atomic E-state index is -3.29. The summed E-state index contributed by atoms with van der Waals surface area (Å²) in [5.74, 6) is -5.36. The Balaban J connectivity index is 3.40. The van der Waals surface area contributed by atoms with Crippen LogP contribution in [0.4, 0.5) is 22.0 Å². The summed E-state index contributed by atoms with van der Waals surface area (Å²) in [6.07, 6.45) is -2.23. The van der Waals surface area contributed by atoms with Crippen molar-refractivity contribution in [3.05, 3.63) is 35.7 Å². The molecule has 0 bridgehead atoms. The molecule has 2 unspecified atom stereocenters. The summed E-state index contributed by atoms with van der Waals surface area (Å²) >= 11 is 0. The highest BCUT2D eigenvalue weighted by Gasteiger charge is 2.49. The Morgan fingerprint density at radius 1 is 1.36 bits per heavy atom. The summed E-state index contributed by atoms with van der Waals surface area (Å²) in [5.41, 5.74) is -4.26. The lowest BCUT2D eigenvalue weighted by molar-refractivity contribution is 0.0774. The van der Waals surface area contributed by atoms with Crippen molar-refractivity contribution in [3.8, 4) is 0 Å². The summed E-state index contributed by atoms with van der Waals surface area (Å²) in [5, 5.41) is 0. The molecule has 0 aromatic heterocycles. The Morgan fingerprint density at radius 2 is 1.86 bits per heavy atom. The Hall–Kier alpha value is -1.13. The van der Waals surface area contributed by atoms with Crippen molar-refractivity contribution in [2.45, 2.75) is 18.8 Å². The van der Waals surface area contributed by atoms with Crippen LogP contribution >= 0.6 is 0 Å². The molecule has 0 heterocycles. The molecule has 0 N–H and O–H groups in total. The molecule has 1 aliphatic rings. The predicted octanol–water partition coefficient (Wildman–Crippen LogP) is 3.63. The number of halogens is 5. The molecule has 2 atom stereocenters. The van der Waals surface area contributed by atoms with Gasteiger partial charge in [0.05, 0.1) is 0 Å². The van der Waals surface area contributed by atoms with Gasteiger partial charge in [-0.05, 0) is 6.92 Å². The van der Waals surface area contributed by atoms with E-state index in [1.807, 2.05) is 0 Å². The minimum Gasteiger partial charge on any atom is -0.236 e. The van der Waals surface area contributed by atoms with Crippen molar-refractivity contribution < 1.29 is 22.0 Å². The van der Waals surface area contributed by atoms with Gasteiger partial charge >= 0.3 is 0 Å². The maximum atomic E-state index is 13.1. The van der Waals surface area contributed by atoms with Crippen LogP contribution in [0.1, 0.15) is 6.92 Å². The highest BCUT2D eigenvalue weighted by Crippen LogP contribution is 2.43. The third kappa shape index (κ3) is 1.27. The van der Waals surface area contributed by atoms with Gasteiger partial charge in [-0.2, -0.15) is 0 Å². The molecule has 0 spiro atoms. The standard InChI is InChI=1S/C9H7F5/c1-3-4-5(10)7(12)9(2,14)8(13)6(4)11/h3,7H,1H2,2H3. The summed E-state index contributed by atoms with van der Waals surface area (Å²) in [7, 11) is 0. The van der Waals surface area contributed by atoms with E-state index in [1.165, 1.54) is 0 Å². The molecule has 0 aromatic rings. The molecule has 0 radical (unpaired) electrons. The SMILES string of the molecule is C=CC1=C(F)C(F)C(C)(F)C(F)=C1F. The molecule has 0 fully saturated rings. The molecule has 0 saturated carbocycles. The quantitative estimate of drug-likeness (QED) is 0.580. The number of allylic oxidation sites excluding steroid dienone is 5. The largest absolute Gasteiger partial charge is 0.236 e. The first-order chi connectivity index (χ1) is 6.34. The van der Waals surface area contributed by atoms with Gasteiger partial charge in [0.1, 0.15) is 5.83 Å². The highest BCUT2D eigenvalue weighted by molar-refractivity contribution is 5.47. The summed E-state index contributed by atoms with van der Waals surface area (Å²) in [6, 6.07) is 0. The average Bonchev–Trinajstić information content (AvgIpc) is 2.14. The molecule has 0 aromatic carbocycles. The minimum absolute atomic E-state index is 0.437. The second-order valence-electron chi connectivity index (χ2n) is 3.03. The Kier molecular flexibility index (Phi) is 2.52. The van der Waals surface area contributed by atoms with Crippen molar-refractivity contribution in [1.82, 2.24) is 0 Å². The van der Waals surface area contributed by atoms with Gasteiger partial charge in [0.25, 0.3) is 0 Å². The Bertz CT molecular complexity index is 337. The average molecular weight is 210 g/mol. The molecule has 5 heteroatoms. The highest BCUT2D eigenvalue weighted by atomic mass is 19.2. The third-order valence-corrected chi connectivity index (χ3v) is 2.02. The van der Waals surface area contributed by atoms with Crippen molar-refractivity contribution >= 4 is 0 Å². The summed E-state index contributed by atoms with van der Waals surface area (Å²) < 4.78 is 64.7. The normalized spacial score (nSPS) is 33.7. The molecule has 78 valence electrons. The number of rotatable bonds is 1. The lowest BCUT2D eigenvalue weighted by Gasteiger charge is -2.27. The third-order valence-electron chi connectivity index (χ3n) is 2.02. The molecule has 1 aliphatic carbocycles. The fourth-order valence-electron chi connectivity index (χ4n) is 1.11. The van der Waals surface area contributed by atoms with Gasteiger partial charge in [-0.25, -0.2) is 22.0 Å². The number of alkyl halides is 2. The zero-order valence-electron chi connectivity index (χ0n) is 7.25. The van der Waals surface area contributed by atoms with Gasteiger partial charge in [0.15, 0.2) is 23.5 Å². The van der Waals surface area contributed by atoms with Crippen molar-refractivity contribution in [3.63, 3.8) is 0 Å². The predicted molar refractivity (Wildman–Crippen MR) is 42.0 cm³/mol. The van der Waals surface area contributed by atoms with Gasteiger partial charge in [-0.3, -0.25) is 0 Å². The van der Waals surface area contributed by atoms with E-state index in [-0.39, 0.29) is 0 Å². The van der Waals surface area contributed by atoms with Crippen LogP contribution in [0.5, 0.6) is 0 Å². The second-order valence-corrected chi connectivity index (χ2v) is 3.03. The first kappa shape index (κ1) is 10.9. The topological polar surface area (TPSA) is 0 Å². The van der Waals surface area contributed by atoms with Gasteiger partial charge in [0, 0.05) is 5.57 Å². The van der Waals surface area contributed by atoms with Gasteiger partial charge in [0.2, 0.25) is 0 Å². The maximum absolute atomic E-state index is 13.1. The fraction of sp³-hybridized carbons (Fsp3) is 0.333. The van der Waals surface area contributed by atoms with E-state index in [9.17, 15) is 22.0 Å². The van der Waals surface area contributed by atoms with Crippen molar-refractivity contribution in [2.24, 2.45) is 0 Å². The smallest absolute Gasteiger partial charge is 0.199 e.